The lowest BCUT2D eigenvalue weighted by molar-refractivity contribution is -0.121. The number of benzene rings is 1. The van der Waals surface area contributed by atoms with Crippen molar-refractivity contribution in [2.75, 3.05) is 18.0 Å². The molecule has 1 aromatic carbocycles. The molecule has 19 heavy (non-hydrogen) atoms. The number of amides is 1. The summed E-state index contributed by atoms with van der Waals surface area (Å²) >= 11 is 3.18. The molecule has 5 heteroatoms. The van der Waals surface area contributed by atoms with Crippen molar-refractivity contribution >= 4 is 27.5 Å². The van der Waals surface area contributed by atoms with E-state index in [0.717, 1.165) is 30.6 Å². The van der Waals surface area contributed by atoms with Crippen LogP contribution in [0.1, 0.15) is 25.3 Å². The van der Waals surface area contributed by atoms with Gasteiger partial charge in [-0.15, -0.1) is 0 Å². The topological polar surface area (TPSA) is 32.3 Å². The molecule has 1 heterocycles. The van der Waals surface area contributed by atoms with Crippen LogP contribution in [-0.2, 0) is 4.79 Å². The van der Waals surface area contributed by atoms with Crippen LogP contribution in [0.3, 0.4) is 0 Å². The zero-order valence-electron chi connectivity index (χ0n) is 11.2. The molecular formula is C14H18BrFN2O. The lowest BCUT2D eigenvalue weighted by Gasteiger charge is -2.33. The normalized spacial score (nSPS) is 19.9. The number of hydrogen-bond donors (Lipinski definition) is 1. The van der Waals surface area contributed by atoms with E-state index in [9.17, 15) is 9.18 Å². The van der Waals surface area contributed by atoms with Crippen LogP contribution in [0.15, 0.2) is 16.6 Å². The molecule has 3 nitrogen and oxygen atoms in total. The van der Waals surface area contributed by atoms with Crippen LogP contribution in [-0.4, -0.2) is 25.0 Å². The first-order chi connectivity index (χ1) is 9.04. The predicted octanol–water partition coefficient (Wildman–Crippen LogP) is 3.00. The molecule has 1 unspecified atom stereocenters. The van der Waals surface area contributed by atoms with Gasteiger partial charge in [0, 0.05) is 12.2 Å². The summed E-state index contributed by atoms with van der Waals surface area (Å²) in [6, 6.07) is 3.03. The fourth-order valence-corrected chi connectivity index (χ4v) is 2.81. The summed E-state index contributed by atoms with van der Waals surface area (Å²) in [6.07, 6.45) is 1.82. The van der Waals surface area contributed by atoms with E-state index in [4.69, 9.17) is 0 Å². The van der Waals surface area contributed by atoms with Crippen molar-refractivity contribution in [1.82, 2.24) is 5.32 Å². The highest BCUT2D eigenvalue weighted by molar-refractivity contribution is 9.10. The maximum atomic E-state index is 13.5. The Morgan fingerprint density at radius 1 is 1.53 bits per heavy atom. The van der Waals surface area contributed by atoms with Gasteiger partial charge in [-0.2, -0.15) is 0 Å². The fraction of sp³-hybridized carbons (Fsp3) is 0.500. The molecule has 2 rings (SSSR count). The summed E-state index contributed by atoms with van der Waals surface area (Å²) in [5, 5.41) is 3.20. The summed E-state index contributed by atoms with van der Waals surface area (Å²) < 4.78 is 13.9. The first-order valence-corrected chi connectivity index (χ1v) is 7.34. The SMILES string of the molecule is CCNC1CCCN(c2cc(Br)c(F)cc2C)C1=O. The first kappa shape index (κ1) is 14.5. The van der Waals surface area contributed by atoms with Crippen LogP contribution in [0, 0.1) is 12.7 Å². The second-order valence-electron chi connectivity index (χ2n) is 4.80. The molecule has 0 bridgehead atoms. The number of anilines is 1. The van der Waals surface area contributed by atoms with Gasteiger partial charge >= 0.3 is 0 Å². The Morgan fingerprint density at radius 2 is 2.26 bits per heavy atom. The Balaban J connectivity index is 2.30. The number of carbonyl (C=O) groups is 1. The molecule has 0 spiro atoms. The summed E-state index contributed by atoms with van der Waals surface area (Å²) in [4.78, 5) is 14.2. The summed E-state index contributed by atoms with van der Waals surface area (Å²) in [5.74, 6) is -0.219. The monoisotopic (exact) mass is 328 g/mol. The van der Waals surface area contributed by atoms with Crippen LogP contribution in [0.4, 0.5) is 10.1 Å². The molecule has 1 atom stereocenters. The van der Waals surface area contributed by atoms with E-state index in [2.05, 4.69) is 21.2 Å². The largest absolute Gasteiger partial charge is 0.311 e. The third-order valence-corrected chi connectivity index (χ3v) is 4.03. The Morgan fingerprint density at radius 3 is 2.95 bits per heavy atom. The van der Waals surface area contributed by atoms with E-state index in [-0.39, 0.29) is 17.8 Å². The highest BCUT2D eigenvalue weighted by Crippen LogP contribution is 2.29. The first-order valence-electron chi connectivity index (χ1n) is 6.55. The van der Waals surface area contributed by atoms with Crippen LogP contribution < -0.4 is 10.2 Å². The molecule has 1 amide bonds. The fourth-order valence-electron chi connectivity index (χ4n) is 2.48. The minimum atomic E-state index is -0.297. The van der Waals surface area contributed by atoms with E-state index in [1.54, 1.807) is 11.0 Å². The zero-order chi connectivity index (χ0) is 14.0. The maximum absolute atomic E-state index is 13.5. The second kappa shape index (κ2) is 6.01. The van der Waals surface area contributed by atoms with Crippen LogP contribution in [0.5, 0.6) is 0 Å². The van der Waals surface area contributed by atoms with E-state index >= 15 is 0 Å². The minimum Gasteiger partial charge on any atom is -0.311 e. The molecule has 104 valence electrons. The van der Waals surface area contributed by atoms with Gasteiger partial charge in [-0.25, -0.2) is 4.39 Å². The van der Waals surface area contributed by atoms with Gasteiger partial charge in [0.1, 0.15) is 5.82 Å². The minimum absolute atomic E-state index is 0.0784. The van der Waals surface area contributed by atoms with Crippen molar-refractivity contribution in [1.29, 1.82) is 0 Å². The van der Waals surface area contributed by atoms with Crippen molar-refractivity contribution in [2.24, 2.45) is 0 Å². The number of carbonyl (C=O) groups excluding carboxylic acids is 1. The molecule has 1 N–H and O–H groups in total. The van der Waals surface area contributed by atoms with Crippen LogP contribution in [0.25, 0.3) is 0 Å². The lowest BCUT2D eigenvalue weighted by atomic mass is 10.0. The summed E-state index contributed by atoms with van der Waals surface area (Å²) in [7, 11) is 0. The maximum Gasteiger partial charge on any atom is 0.244 e. The number of likely N-dealkylation sites (N-methyl/N-ethyl adjacent to an activating group) is 1. The molecule has 1 aliphatic rings. The summed E-state index contributed by atoms with van der Waals surface area (Å²) in [5.41, 5.74) is 1.58. The Labute approximate surface area is 121 Å². The molecule has 1 aliphatic heterocycles. The number of piperidine rings is 1. The van der Waals surface area contributed by atoms with Crippen LogP contribution in [0.2, 0.25) is 0 Å². The van der Waals surface area contributed by atoms with Gasteiger partial charge in [0.2, 0.25) is 5.91 Å². The van der Waals surface area contributed by atoms with Crippen molar-refractivity contribution in [2.45, 2.75) is 32.7 Å². The molecule has 1 aromatic rings. The lowest BCUT2D eigenvalue weighted by Crippen LogP contribution is -2.51. The smallest absolute Gasteiger partial charge is 0.244 e. The van der Waals surface area contributed by atoms with Gasteiger partial charge in [-0.1, -0.05) is 6.92 Å². The molecule has 0 aliphatic carbocycles. The zero-order valence-corrected chi connectivity index (χ0v) is 12.8. The Hall–Kier alpha value is -0.940. The van der Waals surface area contributed by atoms with Gasteiger partial charge in [0.15, 0.2) is 0 Å². The number of rotatable bonds is 3. The van der Waals surface area contributed by atoms with Crippen LogP contribution >= 0.6 is 15.9 Å². The van der Waals surface area contributed by atoms with E-state index in [0.29, 0.717) is 11.0 Å². The van der Waals surface area contributed by atoms with E-state index in [1.807, 2.05) is 13.8 Å². The van der Waals surface area contributed by atoms with Crippen molar-refractivity contribution in [3.05, 3.63) is 28.0 Å². The number of nitrogens with zero attached hydrogens (tertiary/aromatic N) is 1. The average Bonchev–Trinajstić information content (AvgIpc) is 2.37. The number of nitrogens with one attached hydrogen (secondary N) is 1. The predicted molar refractivity (Wildman–Crippen MR) is 77.9 cm³/mol. The van der Waals surface area contributed by atoms with Crippen molar-refractivity contribution in [3.8, 4) is 0 Å². The highest BCUT2D eigenvalue weighted by Gasteiger charge is 2.29. The molecule has 0 radical (unpaired) electrons. The van der Waals surface area contributed by atoms with Gasteiger partial charge < -0.3 is 10.2 Å². The quantitative estimate of drug-likeness (QED) is 0.925. The van der Waals surface area contributed by atoms with E-state index < -0.39 is 0 Å². The van der Waals surface area contributed by atoms with Crippen molar-refractivity contribution in [3.63, 3.8) is 0 Å². The molecular weight excluding hydrogens is 311 g/mol. The third-order valence-electron chi connectivity index (χ3n) is 3.42. The van der Waals surface area contributed by atoms with Crippen molar-refractivity contribution < 1.29 is 9.18 Å². The average molecular weight is 329 g/mol. The summed E-state index contributed by atoms with van der Waals surface area (Å²) in [6.45, 7) is 5.29. The van der Waals surface area contributed by atoms with Gasteiger partial charge in [0.05, 0.1) is 10.5 Å². The second-order valence-corrected chi connectivity index (χ2v) is 5.65. The number of hydrogen-bond acceptors (Lipinski definition) is 2. The molecule has 0 aromatic heterocycles. The molecule has 1 saturated heterocycles. The van der Waals surface area contributed by atoms with Gasteiger partial charge in [0.25, 0.3) is 0 Å². The van der Waals surface area contributed by atoms with Gasteiger partial charge in [-0.05, 0) is 59.9 Å². The van der Waals surface area contributed by atoms with Gasteiger partial charge in [-0.3, -0.25) is 4.79 Å². The molecule has 1 fully saturated rings. The Kier molecular flexibility index (Phi) is 4.58. The number of aryl methyl sites for hydroxylation is 1. The third kappa shape index (κ3) is 2.98. The number of halogens is 2. The Bertz CT molecular complexity index is 491. The molecule has 0 saturated carbocycles. The highest BCUT2D eigenvalue weighted by atomic mass is 79.9. The van der Waals surface area contributed by atoms with E-state index in [1.165, 1.54) is 6.07 Å². The standard InChI is InChI=1S/C14H18BrFN2O/c1-3-17-12-5-4-6-18(14(12)19)13-8-10(15)11(16)7-9(13)2/h7-8,12,17H,3-6H2,1-2H3.